The van der Waals surface area contributed by atoms with Crippen LogP contribution in [0.15, 0.2) is 23.1 Å². The van der Waals surface area contributed by atoms with E-state index in [-0.39, 0.29) is 34.1 Å². The Labute approximate surface area is 166 Å². The molecule has 1 fully saturated rings. The highest BCUT2D eigenvalue weighted by atomic mass is 32.2. The Kier molecular flexibility index (Phi) is 6.89. The second kappa shape index (κ2) is 8.78. The lowest BCUT2D eigenvalue weighted by Gasteiger charge is -2.34. The molecule has 1 aliphatic rings. The first kappa shape index (κ1) is 22.0. The van der Waals surface area contributed by atoms with Gasteiger partial charge in [-0.05, 0) is 24.1 Å². The number of nitrogen functional groups attached to an aromatic ring is 1. The topological polar surface area (TPSA) is 113 Å². The maximum absolute atomic E-state index is 12.9. The fourth-order valence-electron chi connectivity index (χ4n) is 2.68. The average molecular weight is 413 g/mol. The number of nitrogens with two attached hydrogens (primary N) is 1. The highest BCUT2D eigenvalue weighted by molar-refractivity contribution is 7.89. The van der Waals surface area contributed by atoms with Crippen LogP contribution in [0.1, 0.15) is 24.2 Å². The van der Waals surface area contributed by atoms with E-state index >= 15 is 0 Å². The van der Waals surface area contributed by atoms with Crippen LogP contribution in [0.25, 0.3) is 0 Å². The number of piperazine rings is 1. The van der Waals surface area contributed by atoms with E-state index in [1.807, 2.05) is 13.8 Å². The number of carbonyl (C=O) groups excluding carboxylic acids is 2. The lowest BCUT2D eigenvalue weighted by Crippen LogP contribution is -2.51. The summed E-state index contributed by atoms with van der Waals surface area (Å²) in [5, 5.41) is 0. The summed E-state index contributed by atoms with van der Waals surface area (Å²) in [7, 11) is -0.833. The molecule has 156 valence electrons. The van der Waals surface area contributed by atoms with Crippen molar-refractivity contribution in [2.24, 2.45) is 5.92 Å². The first-order valence-corrected chi connectivity index (χ1v) is 10.5. The Hall–Kier alpha value is -2.33. The molecule has 1 heterocycles. The minimum Gasteiger partial charge on any atom is -0.449 e. The summed E-state index contributed by atoms with van der Waals surface area (Å²) in [6.45, 7) is 5.59. The second-order valence-corrected chi connectivity index (χ2v) is 9.44. The van der Waals surface area contributed by atoms with Gasteiger partial charge in [0.15, 0.2) is 0 Å². The standard InChI is InChI=1S/C18H28N4O5S/c1-13(2)12-27-18(24)22-9-7-21(8-10-22)17(23)15-11-14(5-6-16(15)19)28(25,26)20(3)4/h5-6,11,13H,7-10,12,19H2,1-4H3. The molecule has 9 nitrogen and oxygen atoms in total. The van der Waals surface area contributed by atoms with Crippen LogP contribution in [0.5, 0.6) is 0 Å². The number of nitrogens with zero attached hydrogens (tertiary/aromatic N) is 3. The van der Waals surface area contributed by atoms with E-state index in [4.69, 9.17) is 10.5 Å². The molecule has 2 N–H and O–H groups in total. The van der Waals surface area contributed by atoms with Gasteiger partial charge in [0.2, 0.25) is 10.0 Å². The zero-order chi connectivity index (χ0) is 21.1. The van der Waals surface area contributed by atoms with Gasteiger partial charge in [0.25, 0.3) is 5.91 Å². The second-order valence-electron chi connectivity index (χ2n) is 7.29. The summed E-state index contributed by atoms with van der Waals surface area (Å²) >= 11 is 0. The fraction of sp³-hybridized carbons (Fsp3) is 0.556. The molecule has 2 amide bonds. The molecule has 1 aromatic carbocycles. The van der Waals surface area contributed by atoms with Crippen molar-refractivity contribution in [1.29, 1.82) is 0 Å². The molecular formula is C18H28N4O5S. The summed E-state index contributed by atoms with van der Waals surface area (Å²) in [6.07, 6.45) is -0.389. The minimum atomic E-state index is -3.68. The maximum Gasteiger partial charge on any atom is 0.409 e. The van der Waals surface area contributed by atoms with E-state index < -0.39 is 10.0 Å². The van der Waals surface area contributed by atoms with Crippen molar-refractivity contribution in [3.05, 3.63) is 23.8 Å². The molecule has 1 aliphatic heterocycles. The van der Waals surface area contributed by atoms with Crippen LogP contribution in [0, 0.1) is 5.92 Å². The van der Waals surface area contributed by atoms with Gasteiger partial charge in [-0.2, -0.15) is 0 Å². The van der Waals surface area contributed by atoms with Crippen LogP contribution in [-0.2, 0) is 14.8 Å². The summed E-state index contributed by atoms with van der Waals surface area (Å²) in [5.41, 5.74) is 6.27. The summed E-state index contributed by atoms with van der Waals surface area (Å²) in [5.74, 6) is -0.107. The van der Waals surface area contributed by atoms with Gasteiger partial charge in [0.05, 0.1) is 17.1 Å². The molecule has 1 saturated heterocycles. The lowest BCUT2D eigenvalue weighted by atomic mass is 10.1. The molecule has 0 aliphatic carbocycles. The summed E-state index contributed by atoms with van der Waals surface area (Å²) < 4.78 is 30.9. The monoisotopic (exact) mass is 412 g/mol. The zero-order valence-electron chi connectivity index (χ0n) is 16.7. The van der Waals surface area contributed by atoms with Gasteiger partial charge in [0, 0.05) is 46.0 Å². The van der Waals surface area contributed by atoms with Crippen molar-refractivity contribution < 1.29 is 22.7 Å². The number of carbonyl (C=O) groups is 2. The first-order valence-electron chi connectivity index (χ1n) is 9.07. The minimum absolute atomic E-state index is 0.00551. The number of anilines is 1. The number of rotatable bonds is 5. The number of ether oxygens (including phenoxy) is 1. The third kappa shape index (κ3) is 4.93. The molecule has 0 unspecified atom stereocenters. The Morgan fingerprint density at radius 2 is 1.71 bits per heavy atom. The van der Waals surface area contributed by atoms with Crippen LogP contribution < -0.4 is 5.73 Å². The van der Waals surface area contributed by atoms with Crippen LogP contribution in [0.4, 0.5) is 10.5 Å². The van der Waals surface area contributed by atoms with Crippen molar-refractivity contribution in [2.75, 3.05) is 52.6 Å². The molecule has 2 rings (SSSR count). The SMILES string of the molecule is CC(C)COC(=O)N1CCN(C(=O)c2cc(S(=O)(=O)N(C)C)ccc2N)CC1. The molecule has 28 heavy (non-hydrogen) atoms. The Bertz CT molecular complexity index is 830. The number of sulfonamides is 1. The Morgan fingerprint density at radius 1 is 1.14 bits per heavy atom. The number of hydrogen-bond donors (Lipinski definition) is 1. The smallest absolute Gasteiger partial charge is 0.409 e. The van der Waals surface area contributed by atoms with E-state index in [2.05, 4.69) is 0 Å². The third-order valence-electron chi connectivity index (χ3n) is 4.40. The zero-order valence-corrected chi connectivity index (χ0v) is 17.5. The van der Waals surface area contributed by atoms with Gasteiger partial charge in [-0.15, -0.1) is 0 Å². The van der Waals surface area contributed by atoms with Gasteiger partial charge in [0.1, 0.15) is 0 Å². The van der Waals surface area contributed by atoms with Gasteiger partial charge >= 0.3 is 6.09 Å². The third-order valence-corrected chi connectivity index (χ3v) is 6.21. The summed E-state index contributed by atoms with van der Waals surface area (Å²) in [6, 6.07) is 4.10. The highest BCUT2D eigenvalue weighted by Crippen LogP contribution is 2.22. The number of benzene rings is 1. The summed E-state index contributed by atoms with van der Waals surface area (Å²) in [4.78, 5) is 28.0. The molecule has 0 atom stereocenters. The first-order chi connectivity index (χ1) is 13.0. The van der Waals surface area contributed by atoms with Gasteiger partial charge in [-0.1, -0.05) is 13.8 Å². The molecular weight excluding hydrogens is 384 g/mol. The van der Waals surface area contributed by atoms with Crippen LogP contribution >= 0.6 is 0 Å². The van der Waals surface area contributed by atoms with Gasteiger partial charge in [-0.3, -0.25) is 4.79 Å². The predicted octanol–water partition coefficient (Wildman–Crippen LogP) is 1.07. The quantitative estimate of drug-likeness (QED) is 0.724. The molecule has 1 aromatic rings. The molecule has 0 aromatic heterocycles. The molecule has 0 spiro atoms. The van der Waals surface area contributed by atoms with Crippen LogP contribution in [0.3, 0.4) is 0 Å². The normalized spacial score (nSPS) is 15.2. The average Bonchev–Trinajstić information content (AvgIpc) is 2.65. The van der Waals surface area contributed by atoms with E-state index in [1.54, 1.807) is 9.80 Å². The predicted molar refractivity (Wildman–Crippen MR) is 105 cm³/mol. The van der Waals surface area contributed by atoms with Crippen molar-refractivity contribution in [2.45, 2.75) is 18.7 Å². The number of amides is 2. The molecule has 0 saturated carbocycles. The lowest BCUT2D eigenvalue weighted by molar-refractivity contribution is 0.0536. The highest BCUT2D eigenvalue weighted by Gasteiger charge is 2.28. The molecule has 0 bridgehead atoms. The Balaban J connectivity index is 2.09. The molecule has 0 radical (unpaired) electrons. The largest absolute Gasteiger partial charge is 0.449 e. The van der Waals surface area contributed by atoms with Gasteiger partial charge in [-0.25, -0.2) is 17.5 Å². The van der Waals surface area contributed by atoms with Crippen LogP contribution in [-0.4, -0.2) is 81.4 Å². The van der Waals surface area contributed by atoms with E-state index in [0.717, 1.165) is 4.31 Å². The van der Waals surface area contributed by atoms with Crippen molar-refractivity contribution in [3.8, 4) is 0 Å². The van der Waals surface area contributed by atoms with Crippen molar-refractivity contribution in [3.63, 3.8) is 0 Å². The molecule has 10 heteroatoms. The van der Waals surface area contributed by atoms with E-state index in [1.165, 1.54) is 32.3 Å². The van der Waals surface area contributed by atoms with Gasteiger partial charge < -0.3 is 20.3 Å². The van der Waals surface area contributed by atoms with Crippen LogP contribution in [0.2, 0.25) is 0 Å². The van der Waals surface area contributed by atoms with Crippen molar-refractivity contribution >= 4 is 27.7 Å². The van der Waals surface area contributed by atoms with Crippen molar-refractivity contribution in [1.82, 2.24) is 14.1 Å². The maximum atomic E-state index is 12.9. The number of hydrogen-bond acceptors (Lipinski definition) is 6. The van der Waals surface area contributed by atoms with E-state index in [0.29, 0.717) is 32.8 Å². The van der Waals surface area contributed by atoms with E-state index in [9.17, 15) is 18.0 Å². The Morgan fingerprint density at radius 3 is 2.25 bits per heavy atom. The fourth-order valence-corrected chi connectivity index (χ4v) is 3.61.